The van der Waals surface area contributed by atoms with E-state index in [1.807, 2.05) is 25.1 Å². The standard InChI is InChI=1S/C15H14N2O2/c1-10-5-6-16-9-12(10)14(18)11-3-2-4-13-15(11)19-8-7-17-13/h2-6,9,17H,7-8H2,1H3. The van der Waals surface area contributed by atoms with Gasteiger partial charge < -0.3 is 10.1 Å². The lowest BCUT2D eigenvalue weighted by molar-refractivity contribution is 0.103. The summed E-state index contributed by atoms with van der Waals surface area (Å²) in [5, 5.41) is 3.23. The number of aromatic nitrogens is 1. The lowest BCUT2D eigenvalue weighted by Crippen LogP contribution is -2.20. The summed E-state index contributed by atoms with van der Waals surface area (Å²) in [6.45, 7) is 3.24. The van der Waals surface area contributed by atoms with Gasteiger partial charge in [-0.2, -0.15) is 0 Å². The second-order valence-electron chi connectivity index (χ2n) is 4.48. The Hall–Kier alpha value is -2.36. The lowest BCUT2D eigenvalue weighted by Gasteiger charge is -2.21. The first-order valence-corrected chi connectivity index (χ1v) is 6.22. The van der Waals surface area contributed by atoms with Gasteiger partial charge in [-0.1, -0.05) is 6.07 Å². The van der Waals surface area contributed by atoms with Crippen molar-refractivity contribution in [2.24, 2.45) is 0 Å². The molecule has 4 nitrogen and oxygen atoms in total. The van der Waals surface area contributed by atoms with Gasteiger partial charge in [-0.3, -0.25) is 9.78 Å². The number of ketones is 1. The normalized spacial score (nSPS) is 13.1. The molecule has 2 aromatic rings. The molecule has 0 radical (unpaired) electrons. The fraction of sp³-hybridized carbons (Fsp3) is 0.200. The van der Waals surface area contributed by atoms with Crippen molar-refractivity contribution in [3.05, 3.63) is 53.3 Å². The predicted octanol–water partition coefficient (Wildman–Crippen LogP) is 2.43. The summed E-state index contributed by atoms with van der Waals surface area (Å²) in [7, 11) is 0. The Bertz CT molecular complexity index is 638. The van der Waals surface area contributed by atoms with Crippen molar-refractivity contribution in [3.63, 3.8) is 0 Å². The molecule has 0 atom stereocenters. The third-order valence-corrected chi connectivity index (χ3v) is 3.21. The largest absolute Gasteiger partial charge is 0.489 e. The van der Waals surface area contributed by atoms with E-state index in [0.717, 1.165) is 17.8 Å². The van der Waals surface area contributed by atoms with Crippen molar-refractivity contribution >= 4 is 11.5 Å². The van der Waals surface area contributed by atoms with Gasteiger partial charge in [0, 0.05) is 24.5 Å². The van der Waals surface area contributed by atoms with E-state index in [0.29, 0.717) is 23.5 Å². The van der Waals surface area contributed by atoms with Crippen molar-refractivity contribution in [2.75, 3.05) is 18.5 Å². The molecule has 1 aromatic heterocycles. The van der Waals surface area contributed by atoms with Crippen LogP contribution in [-0.2, 0) is 0 Å². The molecule has 0 aliphatic carbocycles. The zero-order valence-electron chi connectivity index (χ0n) is 10.6. The molecule has 1 aliphatic heterocycles. The molecular formula is C15H14N2O2. The van der Waals surface area contributed by atoms with E-state index < -0.39 is 0 Å². The Morgan fingerprint density at radius 1 is 1.32 bits per heavy atom. The van der Waals surface area contributed by atoms with Crippen molar-refractivity contribution in [1.29, 1.82) is 0 Å². The van der Waals surface area contributed by atoms with Gasteiger partial charge in [0.25, 0.3) is 0 Å². The number of hydrogen-bond acceptors (Lipinski definition) is 4. The van der Waals surface area contributed by atoms with Crippen LogP contribution in [0.4, 0.5) is 5.69 Å². The second-order valence-corrected chi connectivity index (χ2v) is 4.48. The molecule has 0 amide bonds. The van der Waals surface area contributed by atoms with E-state index in [1.165, 1.54) is 0 Å². The molecule has 1 aromatic carbocycles. The third kappa shape index (κ3) is 2.05. The first-order chi connectivity index (χ1) is 9.27. The van der Waals surface area contributed by atoms with Crippen molar-refractivity contribution in [2.45, 2.75) is 6.92 Å². The highest BCUT2D eigenvalue weighted by atomic mass is 16.5. The number of rotatable bonds is 2. The van der Waals surface area contributed by atoms with Gasteiger partial charge in [-0.25, -0.2) is 0 Å². The number of carbonyl (C=O) groups is 1. The zero-order valence-corrected chi connectivity index (χ0v) is 10.6. The van der Waals surface area contributed by atoms with Crippen LogP contribution in [0.1, 0.15) is 21.5 Å². The summed E-state index contributed by atoms with van der Waals surface area (Å²) >= 11 is 0. The number of pyridine rings is 1. The van der Waals surface area contributed by atoms with E-state index >= 15 is 0 Å². The van der Waals surface area contributed by atoms with Crippen LogP contribution in [0.5, 0.6) is 5.75 Å². The number of fused-ring (bicyclic) bond motifs is 1. The summed E-state index contributed by atoms with van der Waals surface area (Å²) in [5.74, 6) is 0.591. The summed E-state index contributed by atoms with van der Waals surface area (Å²) in [5.41, 5.74) is 2.99. The van der Waals surface area contributed by atoms with Crippen molar-refractivity contribution < 1.29 is 9.53 Å². The molecule has 0 spiro atoms. The minimum absolute atomic E-state index is 0.0499. The Morgan fingerprint density at radius 3 is 3.05 bits per heavy atom. The van der Waals surface area contributed by atoms with Gasteiger partial charge in [-0.05, 0) is 30.7 Å². The molecule has 1 N–H and O–H groups in total. The van der Waals surface area contributed by atoms with E-state index in [1.54, 1.807) is 18.5 Å². The molecule has 19 heavy (non-hydrogen) atoms. The predicted molar refractivity (Wildman–Crippen MR) is 72.8 cm³/mol. The Morgan fingerprint density at radius 2 is 2.21 bits per heavy atom. The van der Waals surface area contributed by atoms with E-state index in [4.69, 9.17) is 4.74 Å². The van der Waals surface area contributed by atoms with Crippen molar-refractivity contribution in [3.8, 4) is 5.75 Å². The van der Waals surface area contributed by atoms with Crippen LogP contribution in [0.15, 0.2) is 36.7 Å². The Kier molecular flexibility index (Phi) is 2.91. The SMILES string of the molecule is Cc1ccncc1C(=O)c1cccc2c1OCCN2. The molecule has 2 heterocycles. The quantitative estimate of drug-likeness (QED) is 0.836. The van der Waals surface area contributed by atoms with Crippen LogP contribution in [0, 0.1) is 6.92 Å². The number of ether oxygens (including phenoxy) is 1. The molecule has 96 valence electrons. The third-order valence-electron chi connectivity index (χ3n) is 3.21. The number of aryl methyl sites for hydroxylation is 1. The first-order valence-electron chi connectivity index (χ1n) is 6.22. The van der Waals surface area contributed by atoms with Crippen LogP contribution >= 0.6 is 0 Å². The highest BCUT2D eigenvalue weighted by Gasteiger charge is 2.21. The van der Waals surface area contributed by atoms with Crippen LogP contribution < -0.4 is 10.1 Å². The summed E-state index contributed by atoms with van der Waals surface area (Å²) in [6.07, 6.45) is 3.29. The molecule has 4 heteroatoms. The molecule has 3 rings (SSSR count). The van der Waals surface area contributed by atoms with Crippen LogP contribution in [0.25, 0.3) is 0 Å². The number of para-hydroxylation sites is 1. The highest BCUT2D eigenvalue weighted by molar-refractivity contribution is 6.12. The number of benzene rings is 1. The number of nitrogens with zero attached hydrogens (tertiary/aromatic N) is 1. The second kappa shape index (κ2) is 4.72. The summed E-state index contributed by atoms with van der Waals surface area (Å²) in [6, 6.07) is 7.41. The maximum atomic E-state index is 12.6. The van der Waals surface area contributed by atoms with Gasteiger partial charge in [0.05, 0.1) is 11.3 Å². The number of hydrogen-bond donors (Lipinski definition) is 1. The molecular weight excluding hydrogens is 240 g/mol. The van der Waals surface area contributed by atoms with Crippen LogP contribution in [0.2, 0.25) is 0 Å². The minimum Gasteiger partial charge on any atom is -0.489 e. The molecule has 0 unspecified atom stereocenters. The van der Waals surface area contributed by atoms with Gasteiger partial charge in [0.2, 0.25) is 0 Å². The summed E-state index contributed by atoms with van der Waals surface area (Å²) < 4.78 is 5.63. The fourth-order valence-electron chi connectivity index (χ4n) is 2.20. The monoisotopic (exact) mass is 254 g/mol. The maximum Gasteiger partial charge on any atom is 0.198 e. The number of nitrogens with one attached hydrogen (secondary N) is 1. The van der Waals surface area contributed by atoms with E-state index in [2.05, 4.69) is 10.3 Å². The average molecular weight is 254 g/mol. The average Bonchev–Trinajstić information content (AvgIpc) is 2.46. The van der Waals surface area contributed by atoms with E-state index in [-0.39, 0.29) is 5.78 Å². The molecule has 0 bridgehead atoms. The summed E-state index contributed by atoms with van der Waals surface area (Å²) in [4.78, 5) is 16.6. The molecule has 0 fully saturated rings. The van der Waals surface area contributed by atoms with E-state index in [9.17, 15) is 4.79 Å². The van der Waals surface area contributed by atoms with Crippen LogP contribution in [0.3, 0.4) is 0 Å². The first kappa shape index (κ1) is 11.7. The minimum atomic E-state index is -0.0499. The van der Waals surface area contributed by atoms with Crippen LogP contribution in [-0.4, -0.2) is 23.9 Å². The molecule has 0 saturated heterocycles. The zero-order chi connectivity index (χ0) is 13.2. The van der Waals surface area contributed by atoms with Gasteiger partial charge in [-0.15, -0.1) is 0 Å². The Labute approximate surface area is 111 Å². The highest BCUT2D eigenvalue weighted by Crippen LogP contribution is 2.32. The number of carbonyl (C=O) groups excluding carboxylic acids is 1. The lowest BCUT2D eigenvalue weighted by atomic mass is 9.99. The smallest absolute Gasteiger partial charge is 0.198 e. The number of anilines is 1. The maximum absolute atomic E-state index is 12.6. The van der Waals surface area contributed by atoms with Gasteiger partial charge in [0.15, 0.2) is 11.5 Å². The fourth-order valence-corrected chi connectivity index (χ4v) is 2.20. The van der Waals surface area contributed by atoms with Gasteiger partial charge >= 0.3 is 0 Å². The molecule has 0 saturated carbocycles. The molecule has 1 aliphatic rings. The van der Waals surface area contributed by atoms with Gasteiger partial charge in [0.1, 0.15) is 6.61 Å². The topological polar surface area (TPSA) is 51.2 Å². The van der Waals surface area contributed by atoms with Crippen molar-refractivity contribution in [1.82, 2.24) is 4.98 Å². The Balaban J connectivity index is 2.08.